The molecule has 0 aromatic heterocycles. The van der Waals surface area contributed by atoms with Gasteiger partial charge in [0.15, 0.2) is 11.5 Å². The summed E-state index contributed by atoms with van der Waals surface area (Å²) >= 11 is 0. The molecule has 2 aromatic carbocycles. The molecule has 2 rings (SSSR count). The normalized spacial score (nSPS) is 11.0. The summed E-state index contributed by atoms with van der Waals surface area (Å²) in [5, 5.41) is 21.8. The number of carbonyl (C=O) groups is 1. The lowest BCUT2D eigenvalue weighted by molar-refractivity contribution is -0.307. The minimum atomic E-state index is -1.28. The molecule has 0 bridgehead atoms. The van der Waals surface area contributed by atoms with Crippen molar-refractivity contribution in [3.05, 3.63) is 53.6 Å². The van der Waals surface area contributed by atoms with Crippen molar-refractivity contribution in [2.45, 2.75) is 6.04 Å². The Labute approximate surface area is 151 Å². The number of benzene rings is 2. The number of carbonyl (C=O) groups excluding carboxylic acids is 1. The molecule has 0 spiro atoms. The van der Waals surface area contributed by atoms with Gasteiger partial charge in [-0.25, -0.2) is 0 Å². The molecule has 1 atom stereocenters. The van der Waals surface area contributed by atoms with Crippen molar-refractivity contribution in [2.24, 2.45) is 5.73 Å². The van der Waals surface area contributed by atoms with Crippen molar-refractivity contribution in [1.29, 1.82) is 5.41 Å². The molecule has 0 fully saturated rings. The third-order valence-electron chi connectivity index (χ3n) is 3.48. The molecule has 4 N–H and O–H groups in total. The Morgan fingerprint density at radius 3 is 2.20 bits per heavy atom. The van der Waals surface area contributed by atoms with E-state index < -0.39 is 12.0 Å². The molecule has 0 heterocycles. The molecule has 0 aliphatic heterocycles. The summed E-state index contributed by atoms with van der Waals surface area (Å²) in [7, 11) is 2.98. The number of aliphatic carboxylic acids is 1. The molecule has 8 heteroatoms. The number of rotatable bonds is 7. The fourth-order valence-electron chi connectivity index (χ4n) is 2.22. The van der Waals surface area contributed by atoms with Crippen molar-refractivity contribution >= 4 is 29.9 Å². The topological polar surface area (TPSA) is 120 Å². The first-order chi connectivity index (χ1) is 11.5. The zero-order chi connectivity index (χ0) is 17.7. The van der Waals surface area contributed by atoms with Crippen LogP contribution in [0.2, 0.25) is 0 Å². The molecular weight excluding hydrogens is 346 g/mol. The van der Waals surface area contributed by atoms with Gasteiger partial charge in [-0.1, -0.05) is 6.07 Å². The van der Waals surface area contributed by atoms with Crippen LogP contribution in [0.4, 0.5) is 5.69 Å². The molecule has 0 aliphatic carbocycles. The van der Waals surface area contributed by atoms with Gasteiger partial charge in [0.1, 0.15) is 5.84 Å². The predicted octanol–water partition coefficient (Wildman–Crippen LogP) is 1.31. The van der Waals surface area contributed by atoms with Crippen molar-refractivity contribution in [3.63, 3.8) is 0 Å². The fraction of sp³-hybridized carbons (Fsp3) is 0.176. The van der Waals surface area contributed by atoms with Gasteiger partial charge in [0.25, 0.3) is 0 Å². The number of nitrogens with one attached hydrogen (secondary N) is 2. The van der Waals surface area contributed by atoms with Crippen molar-refractivity contribution in [3.8, 4) is 11.5 Å². The lowest BCUT2D eigenvalue weighted by Crippen LogP contribution is -2.34. The summed E-state index contributed by atoms with van der Waals surface area (Å²) < 4.78 is 10.3. The molecule has 0 saturated heterocycles. The van der Waals surface area contributed by atoms with E-state index in [9.17, 15) is 9.90 Å². The predicted molar refractivity (Wildman–Crippen MR) is 95.6 cm³/mol. The van der Waals surface area contributed by atoms with E-state index in [1.165, 1.54) is 14.2 Å². The largest absolute Gasteiger partial charge is 0.548 e. The van der Waals surface area contributed by atoms with Crippen LogP contribution in [0, 0.1) is 5.41 Å². The fourth-order valence-corrected chi connectivity index (χ4v) is 2.22. The van der Waals surface area contributed by atoms with Gasteiger partial charge >= 0.3 is 0 Å². The summed E-state index contributed by atoms with van der Waals surface area (Å²) in [5.74, 6) is -0.408. The minimum Gasteiger partial charge on any atom is -0.548 e. The van der Waals surface area contributed by atoms with Gasteiger partial charge in [0, 0.05) is 11.3 Å². The number of amidine groups is 1. The smallest absolute Gasteiger partial charge is 0.161 e. The van der Waals surface area contributed by atoms with Crippen LogP contribution >= 0.6 is 12.4 Å². The Kier molecular flexibility index (Phi) is 7.07. The number of methoxy groups -OCH3 is 2. The van der Waals surface area contributed by atoms with Gasteiger partial charge in [0.05, 0.1) is 26.2 Å². The molecule has 2 aromatic rings. The van der Waals surface area contributed by atoms with Gasteiger partial charge in [-0.2, -0.15) is 0 Å². The third kappa shape index (κ3) is 4.77. The Bertz CT molecular complexity index is 750. The van der Waals surface area contributed by atoms with E-state index in [2.05, 4.69) is 5.32 Å². The molecule has 0 aliphatic rings. The third-order valence-corrected chi connectivity index (χ3v) is 3.48. The number of carboxylic acids is 1. The standard InChI is InChI=1S/C17H19N3O4.ClH/c1-23-13-8-5-11(9-14(13)24-2)15(17(21)22)20-12-6-3-10(4-7-12)16(18)19;/h3-9,15,20H,1-2H3,(H3,18,19)(H,21,22);1H/p-1. The molecule has 0 amide bonds. The van der Waals surface area contributed by atoms with Crippen LogP contribution < -0.4 is 25.6 Å². The van der Waals surface area contributed by atoms with E-state index in [4.69, 9.17) is 20.6 Å². The number of nitrogens with two attached hydrogens (primary N) is 1. The Morgan fingerprint density at radius 1 is 1.12 bits per heavy atom. The number of nitrogen functional groups attached to an aromatic ring is 1. The maximum absolute atomic E-state index is 11.5. The summed E-state index contributed by atoms with van der Waals surface area (Å²) in [4.78, 5) is 11.5. The van der Waals surface area contributed by atoms with Crippen LogP contribution in [-0.4, -0.2) is 26.0 Å². The maximum Gasteiger partial charge on any atom is 0.161 e. The average molecular weight is 365 g/mol. The SMILES string of the molecule is COc1ccc(C(Nc2ccc(C(=N)N)cc2)C(=O)[O-])cc1OC.Cl. The molecule has 0 radical (unpaired) electrons. The first kappa shape index (κ1) is 20.1. The van der Waals surface area contributed by atoms with Crippen LogP contribution in [0.5, 0.6) is 11.5 Å². The van der Waals surface area contributed by atoms with E-state index >= 15 is 0 Å². The number of hydrogen-bond donors (Lipinski definition) is 3. The van der Waals surface area contributed by atoms with Crippen LogP contribution in [0.25, 0.3) is 0 Å². The minimum absolute atomic E-state index is 0. The Balaban J connectivity index is 0.00000312. The van der Waals surface area contributed by atoms with Crippen molar-refractivity contribution in [2.75, 3.05) is 19.5 Å². The van der Waals surface area contributed by atoms with E-state index in [0.29, 0.717) is 28.3 Å². The molecule has 25 heavy (non-hydrogen) atoms. The van der Waals surface area contributed by atoms with Crippen LogP contribution in [0.3, 0.4) is 0 Å². The van der Waals surface area contributed by atoms with E-state index in [1.54, 1.807) is 42.5 Å². The highest BCUT2D eigenvalue weighted by molar-refractivity contribution is 5.95. The van der Waals surface area contributed by atoms with Crippen LogP contribution in [0.1, 0.15) is 17.2 Å². The molecule has 7 nitrogen and oxygen atoms in total. The zero-order valence-electron chi connectivity index (χ0n) is 13.7. The van der Waals surface area contributed by atoms with Gasteiger partial charge in [-0.3, -0.25) is 5.41 Å². The molecule has 1 unspecified atom stereocenters. The van der Waals surface area contributed by atoms with Crippen molar-refractivity contribution < 1.29 is 19.4 Å². The first-order valence-electron chi connectivity index (χ1n) is 7.10. The molecule has 134 valence electrons. The number of halogens is 1. The lowest BCUT2D eigenvalue weighted by atomic mass is 10.1. The number of hydrogen-bond acceptors (Lipinski definition) is 6. The number of ether oxygens (including phenoxy) is 2. The summed E-state index contributed by atoms with van der Waals surface area (Å²) in [6, 6.07) is 10.3. The van der Waals surface area contributed by atoms with Gasteiger partial charge in [-0.15, -0.1) is 12.4 Å². The second-order valence-electron chi connectivity index (χ2n) is 5.00. The molecule has 0 saturated carbocycles. The van der Waals surface area contributed by atoms with Crippen LogP contribution in [0.15, 0.2) is 42.5 Å². The highest BCUT2D eigenvalue weighted by Crippen LogP contribution is 2.31. The van der Waals surface area contributed by atoms with Crippen molar-refractivity contribution in [1.82, 2.24) is 0 Å². The highest BCUT2D eigenvalue weighted by Gasteiger charge is 2.15. The maximum atomic E-state index is 11.5. The monoisotopic (exact) mass is 364 g/mol. The van der Waals surface area contributed by atoms with Gasteiger partial charge < -0.3 is 30.4 Å². The number of anilines is 1. The second kappa shape index (κ2) is 8.79. The molecular formula is C17H19ClN3O4-. The zero-order valence-corrected chi connectivity index (χ0v) is 14.6. The summed E-state index contributed by atoms with van der Waals surface area (Å²) in [5.41, 5.74) is 6.97. The van der Waals surface area contributed by atoms with E-state index in [-0.39, 0.29) is 18.2 Å². The van der Waals surface area contributed by atoms with Crippen LogP contribution in [-0.2, 0) is 4.79 Å². The average Bonchev–Trinajstić information content (AvgIpc) is 2.59. The second-order valence-corrected chi connectivity index (χ2v) is 5.00. The van der Waals surface area contributed by atoms with Gasteiger partial charge in [0.2, 0.25) is 0 Å². The Hall–Kier alpha value is -2.93. The van der Waals surface area contributed by atoms with Gasteiger partial charge in [-0.05, 0) is 42.0 Å². The summed E-state index contributed by atoms with van der Waals surface area (Å²) in [6.07, 6.45) is 0. The highest BCUT2D eigenvalue weighted by atomic mass is 35.5. The first-order valence-corrected chi connectivity index (χ1v) is 7.10. The lowest BCUT2D eigenvalue weighted by Gasteiger charge is -2.22. The quantitative estimate of drug-likeness (QED) is 0.503. The number of carboxylic acid groups (broad SMARTS) is 1. The van der Waals surface area contributed by atoms with E-state index in [0.717, 1.165) is 0 Å². The Morgan fingerprint density at radius 2 is 1.72 bits per heavy atom. The summed E-state index contributed by atoms with van der Waals surface area (Å²) in [6.45, 7) is 0. The van der Waals surface area contributed by atoms with E-state index in [1.807, 2.05) is 0 Å².